The molecule has 0 spiro atoms. The Morgan fingerprint density at radius 2 is 2.37 bits per heavy atom. The van der Waals surface area contributed by atoms with Crippen LogP contribution in [0.1, 0.15) is 49.7 Å². The molecule has 0 radical (unpaired) electrons. The van der Waals surface area contributed by atoms with E-state index in [9.17, 15) is 0 Å². The summed E-state index contributed by atoms with van der Waals surface area (Å²) in [6.07, 6.45) is 7.79. The first-order chi connectivity index (χ1) is 9.24. The molecule has 2 unspecified atom stereocenters. The fraction of sp³-hybridized carbons (Fsp3) is 0.800. The van der Waals surface area contributed by atoms with Crippen molar-refractivity contribution in [1.29, 1.82) is 0 Å². The first-order valence-electron chi connectivity index (χ1n) is 7.62. The molecule has 2 rings (SSSR count). The summed E-state index contributed by atoms with van der Waals surface area (Å²) in [5.74, 6) is 0. The van der Waals surface area contributed by atoms with Gasteiger partial charge in [-0.15, -0.1) is 11.3 Å². The van der Waals surface area contributed by atoms with Crippen LogP contribution in [0.5, 0.6) is 0 Å². The van der Waals surface area contributed by atoms with Crippen molar-refractivity contribution in [1.82, 2.24) is 15.6 Å². The lowest BCUT2D eigenvalue weighted by atomic mass is 10.0. The molecule has 0 bridgehead atoms. The highest BCUT2D eigenvalue weighted by Gasteiger charge is 2.14. The summed E-state index contributed by atoms with van der Waals surface area (Å²) in [6.45, 7) is 6.62. The maximum absolute atomic E-state index is 4.50. The number of aromatic nitrogens is 1. The number of thiazole rings is 1. The molecule has 0 aromatic carbocycles. The van der Waals surface area contributed by atoms with Crippen LogP contribution in [0.25, 0.3) is 0 Å². The Bertz CT molecular complexity index is 356. The maximum Gasteiger partial charge on any atom is 0.0940 e. The van der Waals surface area contributed by atoms with Crippen molar-refractivity contribution in [2.45, 2.75) is 64.5 Å². The van der Waals surface area contributed by atoms with Gasteiger partial charge in [-0.2, -0.15) is 0 Å². The Balaban J connectivity index is 1.62. The number of nitrogens with zero attached hydrogens (tertiary/aromatic N) is 1. The molecule has 2 atom stereocenters. The van der Waals surface area contributed by atoms with Crippen molar-refractivity contribution in [3.8, 4) is 0 Å². The smallest absolute Gasteiger partial charge is 0.0940 e. The summed E-state index contributed by atoms with van der Waals surface area (Å²) in [4.78, 5) is 4.50. The predicted molar refractivity (Wildman–Crippen MR) is 82.9 cm³/mol. The van der Waals surface area contributed by atoms with E-state index in [1.807, 2.05) is 0 Å². The van der Waals surface area contributed by atoms with Crippen molar-refractivity contribution in [3.63, 3.8) is 0 Å². The Hall–Kier alpha value is -0.450. The van der Waals surface area contributed by atoms with Crippen LogP contribution in [0.4, 0.5) is 0 Å². The first kappa shape index (κ1) is 14.9. The molecule has 1 saturated heterocycles. The molecule has 19 heavy (non-hydrogen) atoms. The quantitative estimate of drug-likeness (QED) is 0.842. The van der Waals surface area contributed by atoms with Crippen molar-refractivity contribution < 1.29 is 0 Å². The van der Waals surface area contributed by atoms with E-state index < -0.39 is 0 Å². The van der Waals surface area contributed by atoms with Gasteiger partial charge in [0.1, 0.15) is 0 Å². The van der Waals surface area contributed by atoms with E-state index in [1.165, 1.54) is 43.7 Å². The van der Waals surface area contributed by atoms with Gasteiger partial charge in [0.05, 0.1) is 5.01 Å². The minimum Gasteiger partial charge on any atom is -0.314 e. The van der Waals surface area contributed by atoms with Crippen LogP contribution in [0.3, 0.4) is 0 Å². The highest BCUT2D eigenvalue weighted by molar-refractivity contribution is 7.09. The maximum atomic E-state index is 4.50. The van der Waals surface area contributed by atoms with Crippen LogP contribution < -0.4 is 10.6 Å². The third kappa shape index (κ3) is 5.59. The number of aryl methyl sites for hydroxylation is 1. The van der Waals surface area contributed by atoms with Crippen LogP contribution in [0.2, 0.25) is 0 Å². The molecule has 108 valence electrons. The molecule has 1 fully saturated rings. The molecule has 0 saturated carbocycles. The number of nitrogens with one attached hydrogen (secondary N) is 2. The van der Waals surface area contributed by atoms with E-state index in [0.717, 1.165) is 18.7 Å². The molecule has 1 aliphatic heterocycles. The van der Waals surface area contributed by atoms with Crippen molar-refractivity contribution in [2.75, 3.05) is 13.1 Å². The molecule has 2 N–H and O–H groups in total. The Morgan fingerprint density at radius 1 is 1.47 bits per heavy atom. The van der Waals surface area contributed by atoms with E-state index in [-0.39, 0.29) is 0 Å². The van der Waals surface area contributed by atoms with Gasteiger partial charge >= 0.3 is 0 Å². The fourth-order valence-corrected chi connectivity index (χ4v) is 3.53. The van der Waals surface area contributed by atoms with Crippen LogP contribution in [-0.4, -0.2) is 30.2 Å². The Labute approximate surface area is 121 Å². The topological polar surface area (TPSA) is 37.0 Å². The zero-order chi connectivity index (χ0) is 13.5. The second-order valence-electron chi connectivity index (χ2n) is 5.72. The summed E-state index contributed by atoms with van der Waals surface area (Å²) < 4.78 is 0. The summed E-state index contributed by atoms with van der Waals surface area (Å²) in [7, 11) is 0. The van der Waals surface area contributed by atoms with Crippen LogP contribution in [0, 0.1) is 6.92 Å². The normalized spacial score (nSPS) is 22.1. The van der Waals surface area contributed by atoms with E-state index in [4.69, 9.17) is 0 Å². The van der Waals surface area contributed by atoms with Crippen molar-refractivity contribution in [3.05, 3.63) is 16.1 Å². The van der Waals surface area contributed by atoms with Crippen LogP contribution in [0.15, 0.2) is 5.38 Å². The SMILES string of the molecule is Cc1csc(CCNC(C)CC2CCCCCN2)n1. The lowest BCUT2D eigenvalue weighted by Crippen LogP contribution is -2.37. The Kier molecular flexibility index (Phi) is 6.28. The highest BCUT2D eigenvalue weighted by atomic mass is 32.1. The van der Waals surface area contributed by atoms with Gasteiger partial charge in [-0.25, -0.2) is 4.98 Å². The zero-order valence-electron chi connectivity index (χ0n) is 12.2. The fourth-order valence-electron chi connectivity index (χ4n) is 2.76. The predicted octanol–water partition coefficient (Wildman–Crippen LogP) is 2.89. The van der Waals surface area contributed by atoms with E-state index in [1.54, 1.807) is 11.3 Å². The standard InChI is InChI=1S/C15H27N3S/c1-12(10-14-6-4-3-5-8-17-14)16-9-7-15-18-13(2)11-19-15/h11-12,14,16-17H,3-10H2,1-2H3. The lowest BCUT2D eigenvalue weighted by Gasteiger charge is -2.21. The van der Waals surface area contributed by atoms with Crippen molar-refractivity contribution >= 4 is 11.3 Å². The minimum atomic E-state index is 0.594. The third-order valence-corrected chi connectivity index (χ3v) is 4.83. The largest absolute Gasteiger partial charge is 0.314 e. The zero-order valence-corrected chi connectivity index (χ0v) is 13.1. The molecule has 0 amide bonds. The van der Waals surface area contributed by atoms with E-state index in [2.05, 4.69) is 34.8 Å². The van der Waals surface area contributed by atoms with Gasteiger partial charge in [0.25, 0.3) is 0 Å². The van der Waals surface area contributed by atoms with Crippen molar-refractivity contribution in [2.24, 2.45) is 0 Å². The summed E-state index contributed by atoms with van der Waals surface area (Å²) in [6, 6.07) is 1.31. The van der Waals surface area contributed by atoms with Gasteiger partial charge in [0.2, 0.25) is 0 Å². The van der Waals surface area contributed by atoms with Gasteiger partial charge in [-0.05, 0) is 39.7 Å². The average molecular weight is 281 g/mol. The van der Waals surface area contributed by atoms with Gasteiger partial charge in [0, 0.05) is 36.1 Å². The van der Waals surface area contributed by atoms with Gasteiger partial charge in [0.15, 0.2) is 0 Å². The molecule has 1 aromatic rings. The number of rotatable bonds is 6. The average Bonchev–Trinajstić information content (AvgIpc) is 2.63. The number of hydrogen-bond acceptors (Lipinski definition) is 4. The molecule has 1 aliphatic rings. The molecule has 4 heteroatoms. The van der Waals surface area contributed by atoms with Crippen LogP contribution in [-0.2, 0) is 6.42 Å². The van der Waals surface area contributed by atoms with Crippen LogP contribution >= 0.6 is 11.3 Å². The first-order valence-corrected chi connectivity index (χ1v) is 8.50. The van der Waals surface area contributed by atoms with E-state index in [0.29, 0.717) is 12.1 Å². The third-order valence-electron chi connectivity index (χ3n) is 3.80. The molecule has 1 aromatic heterocycles. The summed E-state index contributed by atoms with van der Waals surface area (Å²) in [5, 5.41) is 10.7. The minimum absolute atomic E-state index is 0.594. The molecular weight excluding hydrogens is 254 g/mol. The highest BCUT2D eigenvalue weighted by Crippen LogP contribution is 2.13. The van der Waals surface area contributed by atoms with Gasteiger partial charge in [-0.3, -0.25) is 0 Å². The monoisotopic (exact) mass is 281 g/mol. The van der Waals surface area contributed by atoms with Gasteiger partial charge in [-0.1, -0.05) is 12.8 Å². The molecule has 3 nitrogen and oxygen atoms in total. The summed E-state index contributed by atoms with van der Waals surface area (Å²) >= 11 is 1.78. The second-order valence-corrected chi connectivity index (χ2v) is 6.67. The van der Waals surface area contributed by atoms with E-state index >= 15 is 0 Å². The summed E-state index contributed by atoms with van der Waals surface area (Å²) in [5.41, 5.74) is 1.15. The Morgan fingerprint density at radius 3 is 3.16 bits per heavy atom. The van der Waals surface area contributed by atoms with Gasteiger partial charge < -0.3 is 10.6 Å². The second kappa shape index (κ2) is 7.98. The molecular formula is C15H27N3S. The number of hydrogen-bond donors (Lipinski definition) is 2. The lowest BCUT2D eigenvalue weighted by molar-refractivity contribution is 0.404. The molecule has 2 heterocycles. The molecule has 0 aliphatic carbocycles.